The predicted octanol–water partition coefficient (Wildman–Crippen LogP) is 1.55. The van der Waals surface area contributed by atoms with Crippen LogP contribution in [-0.4, -0.2) is 21.2 Å². The normalized spacial score (nSPS) is 10.7. The number of aryl methyl sites for hydroxylation is 1. The number of oxazole rings is 1. The van der Waals surface area contributed by atoms with Crippen LogP contribution in [0.1, 0.15) is 12.0 Å². The summed E-state index contributed by atoms with van der Waals surface area (Å²) in [6.45, 7) is 0. The third-order valence-corrected chi connectivity index (χ3v) is 2.16. The lowest BCUT2D eigenvalue weighted by Gasteiger charge is -2.01. The van der Waals surface area contributed by atoms with E-state index in [2.05, 4.69) is 4.98 Å². The van der Waals surface area contributed by atoms with Gasteiger partial charge in [0, 0.05) is 6.42 Å². The molecule has 5 nitrogen and oxygen atoms in total. The first-order valence-corrected chi connectivity index (χ1v) is 4.44. The van der Waals surface area contributed by atoms with Crippen LogP contribution in [0.3, 0.4) is 0 Å². The summed E-state index contributed by atoms with van der Waals surface area (Å²) in [5.41, 5.74) is 1.42. The maximum atomic E-state index is 10.4. The Labute approximate surface area is 85.0 Å². The third-order valence-electron chi connectivity index (χ3n) is 2.16. The first-order valence-electron chi connectivity index (χ1n) is 4.44. The zero-order valence-electron chi connectivity index (χ0n) is 7.80. The molecule has 0 radical (unpaired) electrons. The van der Waals surface area contributed by atoms with Gasteiger partial charge in [-0.05, 0) is 18.1 Å². The molecular formula is C10H9NO4. The van der Waals surface area contributed by atoms with E-state index in [1.54, 1.807) is 12.1 Å². The zero-order chi connectivity index (χ0) is 10.8. The van der Waals surface area contributed by atoms with Crippen LogP contribution in [0.4, 0.5) is 0 Å². The van der Waals surface area contributed by atoms with Crippen LogP contribution in [0.5, 0.6) is 5.75 Å². The topological polar surface area (TPSA) is 83.6 Å². The maximum absolute atomic E-state index is 10.4. The van der Waals surface area contributed by atoms with E-state index >= 15 is 0 Å². The van der Waals surface area contributed by atoms with Crippen LogP contribution in [0.2, 0.25) is 0 Å². The van der Waals surface area contributed by atoms with E-state index in [-0.39, 0.29) is 18.6 Å². The number of phenols is 1. The lowest BCUT2D eigenvalue weighted by molar-refractivity contribution is -0.136. The number of aromatic hydroxyl groups is 1. The van der Waals surface area contributed by atoms with Gasteiger partial charge in [-0.2, -0.15) is 0 Å². The van der Waals surface area contributed by atoms with Crippen molar-refractivity contribution in [3.05, 3.63) is 24.1 Å². The van der Waals surface area contributed by atoms with E-state index in [4.69, 9.17) is 9.52 Å². The van der Waals surface area contributed by atoms with Gasteiger partial charge in [0.15, 0.2) is 17.7 Å². The second-order valence-corrected chi connectivity index (χ2v) is 3.17. The van der Waals surface area contributed by atoms with Gasteiger partial charge in [0.25, 0.3) is 0 Å². The van der Waals surface area contributed by atoms with E-state index in [9.17, 15) is 9.90 Å². The molecule has 0 spiro atoms. The average Bonchev–Trinajstić information content (AvgIpc) is 2.65. The predicted molar refractivity (Wildman–Crippen MR) is 51.6 cm³/mol. The first-order chi connectivity index (χ1) is 7.18. The van der Waals surface area contributed by atoms with Gasteiger partial charge in [-0.1, -0.05) is 6.07 Å². The Morgan fingerprint density at radius 1 is 1.47 bits per heavy atom. The SMILES string of the molecule is O=C(O)CCc1ccc2ncoc2c1O. The lowest BCUT2D eigenvalue weighted by atomic mass is 10.1. The molecule has 2 rings (SSSR count). The highest BCUT2D eigenvalue weighted by Crippen LogP contribution is 2.28. The summed E-state index contributed by atoms with van der Waals surface area (Å²) in [7, 11) is 0. The molecule has 2 N–H and O–H groups in total. The number of hydrogen-bond donors (Lipinski definition) is 2. The fraction of sp³-hybridized carbons (Fsp3) is 0.200. The van der Waals surface area contributed by atoms with Gasteiger partial charge in [0.05, 0.1) is 0 Å². The van der Waals surface area contributed by atoms with Gasteiger partial charge in [0.2, 0.25) is 0 Å². The van der Waals surface area contributed by atoms with E-state index in [0.29, 0.717) is 16.7 Å². The van der Waals surface area contributed by atoms with Crippen molar-refractivity contribution in [2.75, 3.05) is 0 Å². The highest BCUT2D eigenvalue weighted by Gasteiger charge is 2.10. The zero-order valence-corrected chi connectivity index (χ0v) is 7.80. The molecule has 1 aromatic heterocycles. The van der Waals surface area contributed by atoms with E-state index in [1.807, 2.05) is 0 Å². The second kappa shape index (κ2) is 3.61. The largest absolute Gasteiger partial charge is 0.504 e. The van der Waals surface area contributed by atoms with Crippen LogP contribution in [0, 0.1) is 0 Å². The number of aromatic nitrogens is 1. The molecule has 5 heteroatoms. The van der Waals surface area contributed by atoms with Crippen molar-refractivity contribution in [3.63, 3.8) is 0 Å². The standard InChI is InChI=1S/C10H9NO4/c12-8(13)4-2-6-1-3-7-10(9(6)14)15-5-11-7/h1,3,5,14H,2,4H2,(H,12,13). The summed E-state index contributed by atoms with van der Waals surface area (Å²) in [4.78, 5) is 14.3. The van der Waals surface area contributed by atoms with Crippen LogP contribution in [0.25, 0.3) is 11.1 Å². The number of hydrogen-bond acceptors (Lipinski definition) is 4. The molecule has 0 amide bonds. The number of carboxylic acid groups (broad SMARTS) is 1. The van der Waals surface area contributed by atoms with Gasteiger partial charge in [0.1, 0.15) is 5.52 Å². The Hall–Kier alpha value is -2.04. The van der Waals surface area contributed by atoms with Crippen molar-refractivity contribution in [3.8, 4) is 5.75 Å². The minimum Gasteiger partial charge on any atom is -0.504 e. The summed E-state index contributed by atoms with van der Waals surface area (Å²) >= 11 is 0. The fourth-order valence-corrected chi connectivity index (χ4v) is 1.40. The van der Waals surface area contributed by atoms with Crippen LogP contribution in [-0.2, 0) is 11.2 Å². The highest BCUT2D eigenvalue weighted by molar-refractivity contribution is 5.80. The number of carbonyl (C=O) groups is 1. The molecule has 0 fully saturated rings. The van der Waals surface area contributed by atoms with Crippen molar-refractivity contribution in [1.29, 1.82) is 0 Å². The third kappa shape index (κ3) is 1.76. The van der Waals surface area contributed by atoms with Crippen LogP contribution >= 0.6 is 0 Å². The Balaban J connectivity index is 2.35. The number of phenolic OH excluding ortho intramolecular Hbond substituents is 1. The summed E-state index contributed by atoms with van der Waals surface area (Å²) in [5.74, 6) is -0.918. The number of fused-ring (bicyclic) bond motifs is 1. The molecule has 2 aromatic rings. The van der Waals surface area contributed by atoms with Gasteiger partial charge in [-0.3, -0.25) is 4.79 Å². The van der Waals surface area contributed by atoms with E-state index in [1.165, 1.54) is 6.39 Å². The molecular weight excluding hydrogens is 198 g/mol. The van der Waals surface area contributed by atoms with Gasteiger partial charge in [-0.25, -0.2) is 4.98 Å². The van der Waals surface area contributed by atoms with Gasteiger partial charge in [-0.15, -0.1) is 0 Å². The van der Waals surface area contributed by atoms with E-state index in [0.717, 1.165) is 0 Å². The molecule has 0 aliphatic carbocycles. The molecule has 0 bridgehead atoms. The number of benzene rings is 1. The Bertz CT molecular complexity index is 503. The van der Waals surface area contributed by atoms with Crippen molar-refractivity contribution >= 4 is 17.1 Å². The molecule has 15 heavy (non-hydrogen) atoms. The summed E-state index contributed by atoms with van der Waals surface area (Å²) < 4.78 is 4.99. The molecule has 0 unspecified atom stereocenters. The smallest absolute Gasteiger partial charge is 0.303 e. The molecule has 0 aliphatic heterocycles. The minimum absolute atomic E-state index is 0.0206. The van der Waals surface area contributed by atoms with Crippen molar-refractivity contribution < 1.29 is 19.4 Å². The maximum Gasteiger partial charge on any atom is 0.303 e. The number of rotatable bonds is 3. The van der Waals surface area contributed by atoms with Gasteiger partial charge < -0.3 is 14.6 Å². The van der Waals surface area contributed by atoms with Gasteiger partial charge >= 0.3 is 5.97 Å². The van der Waals surface area contributed by atoms with Crippen LogP contribution < -0.4 is 0 Å². The average molecular weight is 207 g/mol. The highest BCUT2D eigenvalue weighted by atomic mass is 16.4. The van der Waals surface area contributed by atoms with Crippen LogP contribution in [0.15, 0.2) is 22.9 Å². The number of carboxylic acids is 1. The summed E-state index contributed by atoms with van der Waals surface area (Å²) in [5, 5.41) is 18.2. The summed E-state index contributed by atoms with van der Waals surface area (Å²) in [6.07, 6.45) is 1.50. The molecule has 0 atom stereocenters. The molecule has 0 saturated carbocycles. The Morgan fingerprint density at radius 2 is 2.27 bits per heavy atom. The minimum atomic E-state index is -0.896. The molecule has 0 aliphatic rings. The number of aliphatic carboxylic acids is 1. The molecule has 0 saturated heterocycles. The Kier molecular flexibility index (Phi) is 2.29. The van der Waals surface area contributed by atoms with E-state index < -0.39 is 5.97 Å². The van der Waals surface area contributed by atoms with Crippen molar-refractivity contribution in [2.45, 2.75) is 12.8 Å². The Morgan fingerprint density at radius 3 is 3.00 bits per heavy atom. The second-order valence-electron chi connectivity index (χ2n) is 3.17. The number of nitrogens with zero attached hydrogens (tertiary/aromatic N) is 1. The fourth-order valence-electron chi connectivity index (χ4n) is 1.40. The first kappa shape index (κ1) is 9.51. The van der Waals surface area contributed by atoms with Crippen molar-refractivity contribution in [1.82, 2.24) is 4.98 Å². The molecule has 1 heterocycles. The lowest BCUT2D eigenvalue weighted by Crippen LogP contribution is -1.97. The molecule has 1 aromatic carbocycles. The summed E-state index contributed by atoms with van der Waals surface area (Å²) in [6, 6.07) is 3.35. The quantitative estimate of drug-likeness (QED) is 0.797. The molecule has 78 valence electrons. The monoisotopic (exact) mass is 207 g/mol. The van der Waals surface area contributed by atoms with Crippen molar-refractivity contribution in [2.24, 2.45) is 0 Å².